The number of hydrogen-bond acceptors (Lipinski definition) is 3. The van der Waals surface area contributed by atoms with Crippen LogP contribution in [0.3, 0.4) is 0 Å². The topological polar surface area (TPSA) is 43.4 Å². The van der Waals surface area contributed by atoms with Crippen LogP contribution in [0.1, 0.15) is 0 Å². The van der Waals surface area contributed by atoms with Gasteiger partial charge in [0, 0.05) is 0 Å². The van der Waals surface area contributed by atoms with Gasteiger partial charge in [0.25, 0.3) is 0 Å². The molecule has 0 atom stereocenters. The summed E-state index contributed by atoms with van der Waals surface area (Å²) in [6.07, 6.45) is -4.60. The predicted octanol–water partition coefficient (Wildman–Crippen LogP) is 2.14. The van der Waals surface area contributed by atoms with Gasteiger partial charge in [0.2, 0.25) is 9.84 Å². The zero-order valence-corrected chi connectivity index (χ0v) is 9.18. The molecule has 0 aliphatic heterocycles. The number of halogens is 4. The van der Waals surface area contributed by atoms with E-state index in [2.05, 4.69) is 4.74 Å². The van der Waals surface area contributed by atoms with Gasteiger partial charge < -0.3 is 4.74 Å². The lowest BCUT2D eigenvalue weighted by Crippen LogP contribution is -2.20. The van der Waals surface area contributed by atoms with Crippen LogP contribution in [0.5, 0.6) is 0 Å². The number of ether oxygens (including phenoxy) is 1. The lowest BCUT2D eigenvalue weighted by atomic mass is 10.4. The third-order valence-electron chi connectivity index (χ3n) is 1.66. The molecule has 0 unspecified atom stereocenters. The van der Waals surface area contributed by atoms with Crippen LogP contribution in [0.4, 0.5) is 17.6 Å². The normalized spacial score (nSPS) is 12.7. The molecule has 1 aromatic carbocycles. The number of hydrogen-bond donors (Lipinski definition) is 0. The van der Waals surface area contributed by atoms with E-state index in [1.807, 2.05) is 0 Å². The zero-order valence-electron chi connectivity index (χ0n) is 8.37. The molecule has 0 heterocycles. The van der Waals surface area contributed by atoms with Crippen molar-refractivity contribution in [1.29, 1.82) is 0 Å². The average Bonchev–Trinajstić information content (AvgIpc) is 2.15. The van der Waals surface area contributed by atoms with Crippen molar-refractivity contribution < 1.29 is 30.7 Å². The molecule has 8 heteroatoms. The van der Waals surface area contributed by atoms with Gasteiger partial charge in [-0.1, -0.05) is 6.07 Å². The van der Waals surface area contributed by atoms with E-state index in [0.29, 0.717) is 6.07 Å². The smallest absolute Gasteiger partial charge is 0.356 e. The second-order valence-electron chi connectivity index (χ2n) is 3.15. The summed E-state index contributed by atoms with van der Waals surface area (Å²) in [5.74, 6) is -1.93. The Morgan fingerprint density at radius 1 is 1.24 bits per heavy atom. The molecule has 3 nitrogen and oxygen atoms in total. The van der Waals surface area contributed by atoms with Crippen molar-refractivity contribution in [3.8, 4) is 0 Å². The van der Waals surface area contributed by atoms with Gasteiger partial charge in [-0.15, -0.1) is 0 Å². The van der Waals surface area contributed by atoms with Crippen molar-refractivity contribution in [1.82, 2.24) is 0 Å². The first-order chi connectivity index (χ1) is 7.71. The second-order valence-corrected chi connectivity index (χ2v) is 5.09. The summed E-state index contributed by atoms with van der Waals surface area (Å²) in [6, 6.07) is 3.96. The number of benzene rings is 1. The van der Waals surface area contributed by atoms with Crippen LogP contribution in [0.25, 0.3) is 0 Å². The minimum Gasteiger partial charge on any atom is -0.356 e. The third-order valence-corrected chi connectivity index (χ3v) is 3.11. The molecule has 0 amide bonds. The summed E-state index contributed by atoms with van der Waals surface area (Å²) >= 11 is 0. The number of sulfone groups is 1. The molecule has 0 N–H and O–H groups in total. The van der Waals surface area contributed by atoms with Crippen molar-refractivity contribution in [3.63, 3.8) is 0 Å². The van der Waals surface area contributed by atoms with Crippen LogP contribution < -0.4 is 0 Å². The third kappa shape index (κ3) is 4.70. The Labute approximate surface area is 94.9 Å². The van der Waals surface area contributed by atoms with Crippen LogP contribution in [0, 0.1) is 5.82 Å². The number of rotatable bonds is 4. The van der Waals surface area contributed by atoms with Crippen LogP contribution in [-0.2, 0) is 14.6 Å². The Balaban J connectivity index is 2.70. The molecule has 0 spiro atoms. The maximum absolute atomic E-state index is 12.7. The van der Waals surface area contributed by atoms with Crippen LogP contribution in [0.2, 0.25) is 0 Å². The molecule has 0 aliphatic carbocycles. The lowest BCUT2D eigenvalue weighted by molar-refractivity contribution is -0.169. The van der Waals surface area contributed by atoms with E-state index in [1.54, 1.807) is 0 Å². The van der Waals surface area contributed by atoms with Crippen LogP contribution in [0.15, 0.2) is 29.2 Å². The maximum atomic E-state index is 12.7. The molecule has 1 aromatic rings. The van der Waals surface area contributed by atoms with E-state index in [-0.39, 0.29) is 0 Å². The molecule has 17 heavy (non-hydrogen) atoms. The highest BCUT2D eigenvalue weighted by Gasteiger charge is 2.28. The van der Waals surface area contributed by atoms with Crippen molar-refractivity contribution in [3.05, 3.63) is 30.1 Å². The van der Waals surface area contributed by atoms with Gasteiger partial charge in [0.05, 0.1) is 4.90 Å². The van der Waals surface area contributed by atoms with Gasteiger partial charge >= 0.3 is 6.18 Å². The molecule has 0 bridgehead atoms. The Hall–Kier alpha value is -1.15. The summed E-state index contributed by atoms with van der Waals surface area (Å²) < 4.78 is 74.7. The largest absolute Gasteiger partial charge is 0.411 e. The Bertz CT molecular complexity index is 481. The van der Waals surface area contributed by atoms with E-state index < -0.39 is 39.3 Å². The van der Waals surface area contributed by atoms with E-state index in [1.165, 1.54) is 0 Å². The van der Waals surface area contributed by atoms with E-state index in [9.17, 15) is 26.0 Å². The van der Waals surface area contributed by atoms with Crippen LogP contribution >= 0.6 is 0 Å². The molecule has 0 aromatic heterocycles. The highest BCUT2D eigenvalue weighted by molar-refractivity contribution is 7.91. The van der Waals surface area contributed by atoms with Crippen molar-refractivity contribution in [2.45, 2.75) is 11.1 Å². The molecular formula is C9H8F4O3S. The Morgan fingerprint density at radius 2 is 1.88 bits per heavy atom. The van der Waals surface area contributed by atoms with Gasteiger partial charge in [0.1, 0.15) is 12.4 Å². The molecule has 0 fully saturated rings. The predicted molar refractivity (Wildman–Crippen MR) is 50.5 cm³/mol. The van der Waals surface area contributed by atoms with Gasteiger partial charge in [-0.2, -0.15) is 13.2 Å². The first kappa shape index (κ1) is 13.9. The highest BCUT2D eigenvalue weighted by Crippen LogP contribution is 2.17. The minimum absolute atomic E-state index is 0.417. The second kappa shape index (κ2) is 5.01. The molecule has 0 aliphatic rings. The van der Waals surface area contributed by atoms with Gasteiger partial charge in [-0.05, 0) is 18.2 Å². The van der Waals surface area contributed by atoms with Gasteiger partial charge in [-0.3, -0.25) is 0 Å². The van der Waals surface area contributed by atoms with Crippen molar-refractivity contribution >= 4 is 9.84 Å². The standard InChI is InChI=1S/C9H8F4O3S/c10-7-2-1-3-8(4-7)17(14,15)6-16-5-9(11,12)13/h1-4H,5-6H2. The van der Waals surface area contributed by atoms with E-state index in [4.69, 9.17) is 0 Å². The zero-order chi connectivity index (χ0) is 13.1. The Morgan fingerprint density at radius 3 is 2.41 bits per heavy atom. The monoisotopic (exact) mass is 272 g/mol. The fraction of sp³-hybridized carbons (Fsp3) is 0.333. The van der Waals surface area contributed by atoms with Crippen molar-refractivity contribution in [2.75, 3.05) is 12.5 Å². The molecule has 1 rings (SSSR count). The SMILES string of the molecule is O=S(=O)(COCC(F)(F)F)c1cccc(F)c1. The van der Waals surface area contributed by atoms with Gasteiger partial charge in [-0.25, -0.2) is 12.8 Å². The summed E-state index contributed by atoms with van der Waals surface area (Å²) in [5.41, 5.74) is 0. The molecular weight excluding hydrogens is 264 g/mol. The Kier molecular flexibility index (Phi) is 4.10. The van der Waals surface area contributed by atoms with E-state index >= 15 is 0 Å². The first-order valence-electron chi connectivity index (χ1n) is 4.33. The van der Waals surface area contributed by atoms with E-state index in [0.717, 1.165) is 18.2 Å². The van der Waals surface area contributed by atoms with Crippen molar-refractivity contribution in [2.24, 2.45) is 0 Å². The summed E-state index contributed by atoms with van der Waals surface area (Å²) in [5, 5.41) is 0. The van der Waals surface area contributed by atoms with Gasteiger partial charge in [0.15, 0.2) is 5.94 Å². The molecule has 96 valence electrons. The molecule has 0 radical (unpaired) electrons. The number of alkyl halides is 3. The molecule has 0 saturated carbocycles. The fourth-order valence-corrected chi connectivity index (χ4v) is 2.01. The summed E-state index contributed by atoms with van der Waals surface area (Å²) in [7, 11) is -4.07. The highest BCUT2D eigenvalue weighted by atomic mass is 32.2. The summed E-state index contributed by atoms with van der Waals surface area (Å²) in [4.78, 5) is -0.417. The summed E-state index contributed by atoms with van der Waals surface area (Å²) in [6.45, 7) is -1.67. The quantitative estimate of drug-likeness (QED) is 0.789. The molecule has 0 saturated heterocycles. The minimum atomic E-state index is -4.60. The van der Waals surface area contributed by atoms with Crippen LogP contribution in [-0.4, -0.2) is 27.1 Å². The average molecular weight is 272 g/mol. The maximum Gasteiger partial charge on any atom is 0.411 e. The first-order valence-corrected chi connectivity index (χ1v) is 5.99. The fourth-order valence-electron chi connectivity index (χ4n) is 0.996. The lowest BCUT2D eigenvalue weighted by Gasteiger charge is -2.08.